The molecule has 0 aromatic heterocycles. The van der Waals surface area contributed by atoms with Gasteiger partial charge in [0.15, 0.2) is 0 Å². The SMILES string of the molecule is CC(=O)N1CC[C@H](c2ccccc2)C1. The maximum absolute atomic E-state index is 11.1. The van der Waals surface area contributed by atoms with E-state index in [4.69, 9.17) is 0 Å². The van der Waals surface area contributed by atoms with Gasteiger partial charge in [0.05, 0.1) is 0 Å². The molecule has 1 aliphatic heterocycles. The fourth-order valence-corrected chi connectivity index (χ4v) is 2.04. The second-order valence-corrected chi connectivity index (χ2v) is 3.86. The monoisotopic (exact) mass is 189 g/mol. The molecule has 0 spiro atoms. The molecule has 1 aliphatic rings. The second kappa shape index (κ2) is 3.82. The van der Waals surface area contributed by atoms with Crippen LogP contribution in [0.15, 0.2) is 30.3 Å². The molecule has 1 atom stereocenters. The maximum Gasteiger partial charge on any atom is 0.219 e. The van der Waals surface area contributed by atoms with Crippen molar-refractivity contribution in [1.29, 1.82) is 0 Å². The standard InChI is InChI=1S/C12H15NO/c1-10(14)13-8-7-12(9-13)11-5-3-2-4-6-11/h2-6,12H,7-9H2,1H3/t12-/m0/s1. The molecule has 0 unspecified atom stereocenters. The van der Waals surface area contributed by atoms with Gasteiger partial charge >= 0.3 is 0 Å². The van der Waals surface area contributed by atoms with Crippen molar-refractivity contribution in [3.8, 4) is 0 Å². The van der Waals surface area contributed by atoms with Gasteiger partial charge in [0.2, 0.25) is 5.91 Å². The summed E-state index contributed by atoms with van der Waals surface area (Å²) in [6, 6.07) is 10.4. The van der Waals surface area contributed by atoms with E-state index in [9.17, 15) is 4.79 Å². The van der Waals surface area contributed by atoms with Crippen LogP contribution in [0.25, 0.3) is 0 Å². The van der Waals surface area contributed by atoms with Gasteiger partial charge in [0.1, 0.15) is 0 Å². The first-order chi connectivity index (χ1) is 6.77. The molecule has 74 valence electrons. The lowest BCUT2D eigenvalue weighted by molar-refractivity contribution is -0.127. The number of rotatable bonds is 1. The topological polar surface area (TPSA) is 20.3 Å². The van der Waals surface area contributed by atoms with Crippen LogP contribution in [-0.2, 0) is 4.79 Å². The molecule has 1 fully saturated rings. The lowest BCUT2D eigenvalue weighted by Crippen LogP contribution is -2.25. The zero-order valence-corrected chi connectivity index (χ0v) is 8.44. The summed E-state index contributed by atoms with van der Waals surface area (Å²) in [5.74, 6) is 0.739. The molecule has 0 radical (unpaired) electrons. The van der Waals surface area contributed by atoms with Crippen molar-refractivity contribution in [3.05, 3.63) is 35.9 Å². The van der Waals surface area contributed by atoms with E-state index in [1.807, 2.05) is 11.0 Å². The quantitative estimate of drug-likeness (QED) is 0.662. The van der Waals surface area contributed by atoms with Gasteiger partial charge in [-0.05, 0) is 12.0 Å². The number of benzene rings is 1. The summed E-state index contributed by atoms with van der Waals surface area (Å²) in [6.07, 6.45) is 1.10. The van der Waals surface area contributed by atoms with Gasteiger partial charge in [-0.15, -0.1) is 0 Å². The summed E-state index contributed by atoms with van der Waals surface area (Å²) in [5.41, 5.74) is 1.36. The van der Waals surface area contributed by atoms with Gasteiger partial charge in [0.25, 0.3) is 0 Å². The van der Waals surface area contributed by atoms with Crippen molar-refractivity contribution in [1.82, 2.24) is 4.90 Å². The van der Waals surface area contributed by atoms with Gasteiger partial charge < -0.3 is 4.90 Å². The van der Waals surface area contributed by atoms with Crippen molar-refractivity contribution >= 4 is 5.91 Å². The lowest BCUT2D eigenvalue weighted by Gasteiger charge is -2.13. The Hall–Kier alpha value is -1.31. The Kier molecular flexibility index (Phi) is 2.53. The highest BCUT2D eigenvalue weighted by Gasteiger charge is 2.24. The molecule has 0 N–H and O–H groups in total. The van der Waals surface area contributed by atoms with Gasteiger partial charge in [-0.2, -0.15) is 0 Å². The summed E-state index contributed by atoms with van der Waals surface area (Å²) in [6.45, 7) is 3.45. The summed E-state index contributed by atoms with van der Waals surface area (Å²) in [7, 11) is 0. The van der Waals surface area contributed by atoms with E-state index in [1.165, 1.54) is 5.56 Å². The number of carbonyl (C=O) groups is 1. The van der Waals surface area contributed by atoms with Crippen LogP contribution < -0.4 is 0 Å². The Bertz CT molecular complexity index is 320. The van der Waals surface area contributed by atoms with Crippen LogP contribution in [-0.4, -0.2) is 23.9 Å². The first kappa shape index (κ1) is 9.25. The molecular weight excluding hydrogens is 174 g/mol. The third-order valence-electron chi connectivity index (χ3n) is 2.90. The molecule has 2 nitrogen and oxygen atoms in total. The van der Waals surface area contributed by atoms with Crippen molar-refractivity contribution < 1.29 is 4.79 Å². The van der Waals surface area contributed by atoms with E-state index in [0.717, 1.165) is 19.5 Å². The van der Waals surface area contributed by atoms with Crippen LogP contribution in [0.3, 0.4) is 0 Å². The van der Waals surface area contributed by atoms with E-state index < -0.39 is 0 Å². The summed E-state index contributed by atoms with van der Waals surface area (Å²) in [5, 5.41) is 0. The van der Waals surface area contributed by atoms with Crippen molar-refractivity contribution in [2.24, 2.45) is 0 Å². The molecule has 2 rings (SSSR count). The number of hydrogen-bond acceptors (Lipinski definition) is 1. The van der Waals surface area contributed by atoms with Crippen molar-refractivity contribution in [2.45, 2.75) is 19.3 Å². The van der Waals surface area contributed by atoms with Crippen LogP contribution in [0.1, 0.15) is 24.8 Å². The predicted molar refractivity (Wildman–Crippen MR) is 56.1 cm³/mol. The number of carbonyl (C=O) groups excluding carboxylic acids is 1. The highest BCUT2D eigenvalue weighted by molar-refractivity contribution is 5.73. The number of amides is 1. The molecular formula is C12H15NO. The number of nitrogens with zero attached hydrogens (tertiary/aromatic N) is 1. The minimum atomic E-state index is 0.198. The number of likely N-dealkylation sites (tertiary alicyclic amines) is 1. The zero-order chi connectivity index (χ0) is 9.97. The van der Waals surface area contributed by atoms with Gasteiger partial charge in [-0.25, -0.2) is 0 Å². The lowest BCUT2D eigenvalue weighted by atomic mass is 9.99. The van der Waals surface area contributed by atoms with Crippen molar-refractivity contribution in [2.75, 3.05) is 13.1 Å². The van der Waals surface area contributed by atoms with Crippen LogP contribution >= 0.6 is 0 Å². The molecule has 1 aromatic rings. The molecule has 2 heteroatoms. The largest absolute Gasteiger partial charge is 0.342 e. The third kappa shape index (κ3) is 1.79. The average molecular weight is 189 g/mol. The fraction of sp³-hybridized carbons (Fsp3) is 0.417. The van der Waals surface area contributed by atoms with Crippen LogP contribution in [0.2, 0.25) is 0 Å². The normalized spacial score (nSPS) is 21.2. The second-order valence-electron chi connectivity index (χ2n) is 3.86. The van der Waals surface area contributed by atoms with Gasteiger partial charge in [0, 0.05) is 25.9 Å². The molecule has 0 bridgehead atoms. The third-order valence-corrected chi connectivity index (χ3v) is 2.90. The first-order valence-electron chi connectivity index (χ1n) is 5.08. The minimum absolute atomic E-state index is 0.198. The maximum atomic E-state index is 11.1. The first-order valence-corrected chi connectivity index (χ1v) is 5.08. The Morgan fingerprint density at radius 1 is 1.36 bits per heavy atom. The Labute approximate surface area is 84.5 Å². The average Bonchev–Trinajstić information content (AvgIpc) is 2.68. The van der Waals surface area contributed by atoms with Gasteiger partial charge in [-0.3, -0.25) is 4.79 Å². The zero-order valence-electron chi connectivity index (χ0n) is 8.44. The highest BCUT2D eigenvalue weighted by atomic mass is 16.2. The van der Waals surface area contributed by atoms with Crippen LogP contribution in [0.4, 0.5) is 0 Å². The summed E-state index contributed by atoms with van der Waals surface area (Å²) < 4.78 is 0. The minimum Gasteiger partial charge on any atom is -0.342 e. The fourth-order valence-electron chi connectivity index (χ4n) is 2.04. The van der Waals surface area contributed by atoms with Crippen LogP contribution in [0.5, 0.6) is 0 Å². The Balaban J connectivity index is 2.06. The molecule has 0 saturated carbocycles. The van der Waals surface area contributed by atoms with E-state index in [2.05, 4.69) is 24.3 Å². The Morgan fingerprint density at radius 2 is 2.07 bits per heavy atom. The van der Waals surface area contributed by atoms with E-state index >= 15 is 0 Å². The van der Waals surface area contributed by atoms with Crippen LogP contribution in [0, 0.1) is 0 Å². The summed E-state index contributed by atoms with van der Waals surface area (Å²) >= 11 is 0. The number of hydrogen-bond donors (Lipinski definition) is 0. The van der Waals surface area contributed by atoms with Gasteiger partial charge in [-0.1, -0.05) is 30.3 Å². The van der Waals surface area contributed by atoms with E-state index in [0.29, 0.717) is 5.92 Å². The van der Waals surface area contributed by atoms with E-state index in [-0.39, 0.29) is 5.91 Å². The van der Waals surface area contributed by atoms with Crippen molar-refractivity contribution in [3.63, 3.8) is 0 Å². The van der Waals surface area contributed by atoms with E-state index in [1.54, 1.807) is 6.92 Å². The molecule has 1 aromatic carbocycles. The highest BCUT2D eigenvalue weighted by Crippen LogP contribution is 2.26. The molecule has 1 heterocycles. The predicted octanol–water partition coefficient (Wildman–Crippen LogP) is 2.02. The molecule has 1 saturated heterocycles. The molecule has 1 amide bonds. The summed E-state index contributed by atoms with van der Waals surface area (Å²) in [4.78, 5) is 13.1. The molecule has 0 aliphatic carbocycles. The smallest absolute Gasteiger partial charge is 0.219 e. The molecule has 14 heavy (non-hydrogen) atoms. The Morgan fingerprint density at radius 3 is 2.64 bits per heavy atom.